The first-order valence-corrected chi connectivity index (χ1v) is 17.1. The van der Waals surface area contributed by atoms with Gasteiger partial charge in [-0.05, 0) is 44.9 Å². The van der Waals surface area contributed by atoms with Gasteiger partial charge in [0.05, 0.1) is 36.8 Å². The van der Waals surface area contributed by atoms with E-state index >= 15 is 0 Å². The summed E-state index contributed by atoms with van der Waals surface area (Å²) in [6.07, 6.45) is 5.09. The molecule has 3 aromatic rings. The Morgan fingerprint density at radius 1 is 1.06 bits per heavy atom. The van der Waals surface area contributed by atoms with Gasteiger partial charge in [0.15, 0.2) is 5.82 Å². The molecule has 3 saturated heterocycles. The van der Waals surface area contributed by atoms with Gasteiger partial charge in [-0.3, -0.25) is 19.4 Å². The summed E-state index contributed by atoms with van der Waals surface area (Å²) >= 11 is 5.87. The number of aromatic nitrogens is 2. The molecule has 49 heavy (non-hydrogen) atoms. The van der Waals surface area contributed by atoms with E-state index < -0.39 is 22.7 Å². The number of piperidine rings is 1. The minimum atomic E-state index is -0.831. The maximum atomic E-state index is 15.0. The Balaban J connectivity index is 1.21. The molecule has 4 heterocycles. The lowest BCUT2D eigenvalue weighted by Gasteiger charge is -2.44. The normalized spacial score (nSPS) is 19.4. The summed E-state index contributed by atoms with van der Waals surface area (Å²) in [5.41, 5.74) is 2.23. The number of hydroxylamine groups is 1. The van der Waals surface area contributed by atoms with E-state index in [2.05, 4.69) is 55.7 Å². The lowest BCUT2D eigenvalue weighted by atomic mass is 10.0. The molecule has 2 N–H and O–H groups in total. The number of benzene rings is 2. The van der Waals surface area contributed by atoms with Gasteiger partial charge < -0.3 is 20.3 Å². The Labute approximate surface area is 290 Å². The standard InChI is InChI=1S/C35H43ClF2N8O3/c1-5-33(47)42-26-18-27(30(48-4)19-29(26)45-11-8-23(9-12-45)44-15-13-43(14-16-44)22(2)3)41-31-20-32(40-21-39-31)46-28(10-17-49-46)24-6-7-25(37)34(36)35(24)38/h5-7,18-23,28H,1,8-17H2,2-4H3,(H,42,47)(H,39,40,41)/t28-/m1/s1. The highest BCUT2D eigenvalue weighted by Crippen LogP contribution is 2.41. The number of halogens is 3. The van der Waals surface area contributed by atoms with Crippen molar-refractivity contribution >= 4 is 46.2 Å². The largest absolute Gasteiger partial charge is 0.494 e. The Morgan fingerprint density at radius 3 is 2.51 bits per heavy atom. The number of carbonyl (C=O) groups excluding carboxylic acids is 1. The van der Waals surface area contributed by atoms with E-state index in [1.165, 1.54) is 23.5 Å². The SMILES string of the molecule is C=CC(=O)Nc1cc(Nc2cc(N3OCC[C@@H]3c3ccc(F)c(Cl)c3F)ncn2)c(OC)cc1N1CCC(N2CCN(C(C)C)CC2)CC1. The van der Waals surface area contributed by atoms with Crippen LogP contribution in [0.5, 0.6) is 5.75 Å². The highest BCUT2D eigenvalue weighted by Gasteiger charge is 2.33. The summed E-state index contributed by atoms with van der Waals surface area (Å²) in [6.45, 7) is 14.5. The van der Waals surface area contributed by atoms with Gasteiger partial charge in [-0.1, -0.05) is 24.2 Å². The van der Waals surface area contributed by atoms with Crippen LogP contribution in [0.15, 0.2) is 49.3 Å². The highest BCUT2D eigenvalue weighted by atomic mass is 35.5. The smallest absolute Gasteiger partial charge is 0.247 e. The molecule has 3 fully saturated rings. The van der Waals surface area contributed by atoms with E-state index in [9.17, 15) is 13.6 Å². The number of nitrogens with one attached hydrogen (secondary N) is 2. The van der Waals surface area contributed by atoms with Crippen LogP contribution in [-0.2, 0) is 9.63 Å². The molecule has 3 aliphatic heterocycles. The molecule has 1 aromatic heterocycles. The van der Waals surface area contributed by atoms with Crippen molar-refractivity contribution in [2.75, 3.05) is 73.6 Å². The topological polar surface area (TPSA) is 98.3 Å². The number of ether oxygens (including phenoxy) is 1. The van der Waals surface area contributed by atoms with Crippen molar-refractivity contribution in [3.63, 3.8) is 0 Å². The molecule has 0 saturated carbocycles. The summed E-state index contributed by atoms with van der Waals surface area (Å²) in [5.74, 6) is -0.665. The van der Waals surface area contributed by atoms with Gasteiger partial charge in [-0.25, -0.2) is 23.8 Å². The van der Waals surface area contributed by atoms with Crippen molar-refractivity contribution in [3.05, 3.63) is 71.5 Å². The van der Waals surface area contributed by atoms with E-state index in [-0.39, 0.29) is 11.5 Å². The van der Waals surface area contributed by atoms with E-state index in [4.69, 9.17) is 21.2 Å². The monoisotopic (exact) mass is 696 g/mol. The number of carbonyl (C=O) groups is 1. The van der Waals surface area contributed by atoms with Gasteiger partial charge in [0.2, 0.25) is 5.91 Å². The molecular formula is C35H43ClF2N8O3. The number of amides is 1. The van der Waals surface area contributed by atoms with Crippen molar-refractivity contribution in [1.29, 1.82) is 0 Å². The van der Waals surface area contributed by atoms with Crippen molar-refractivity contribution in [2.24, 2.45) is 0 Å². The lowest BCUT2D eigenvalue weighted by Crippen LogP contribution is -2.54. The molecule has 0 radical (unpaired) electrons. The van der Waals surface area contributed by atoms with Crippen LogP contribution >= 0.6 is 11.6 Å². The van der Waals surface area contributed by atoms with Gasteiger partial charge in [-0.2, -0.15) is 0 Å². The van der Waals surface area contributed by atoms with Crippen LogP contribution in [0.2, 0.25) is 5.02 Å². The lowest BCUT2D eigenvalue weighted by molar-refractivity contribution is -0.111. The zero-order chi connectivity index (χ0) is 34.7. The van der Waals surface area contributed by atoms with Crippen LogP contribution in [-0.4, -0.2) is 90.7 Å². The fraction of sp³-hybridized carbons (Fsp3) is 0.457. The quantitative estimate of drug-likeness (QED) is 0.189. The second kappa shape index (κ2) is 15.2. The third-order valence-corrected chi connectivity index (χ3v) is 9.98. The summed E-state index contributed by atoms with van der Waals surface area (Å²) in [7, 11) is 1.59. The average molecular weight is 697 g/mol. The number of methoxy groups -OCH3 is 1. The maximum Gasteiger partial charge on any atom is 0.247 e. The molecule has 1 amide bonds. The number of anilines is 5. The molecular weight excluding hydrogens is 654 g/mol. The zero-order valence-electron chi connectivity index (χ0n) is 28.1. The molecule has 11 nitrogen and oxygen atoms in total. The first-order valence-electron chi connectivity index (χ1n) is 16.7. The first-order chi connectivity index (χ1) is 23.7. The van der Waals surface area contributed by atoms with E-state index in [1.54, 1.807) is 13.2 Å². The Hall–Kier alpha value is -4.04. The van der Waals surface area contributed by atoms with E-state index in [1.807, 2.05) is 12.1 Å². The van der Waals surface area contributed by atoms with Crippen LogP contribution in [0.1, 0.15) is 44.7 Å². The van der Waals surface area contributed by atoms with Crippen LogP contribution in [0.25, 0.3) is 0 Å². The first kappa shape index (κ1) is 34.8. The number of hydrogen-bond acceptors (Lipinski definition) is 10. The summed E-state index contributed by atoms with van der Waals surface area (Å²) < 4.78 is 34.6. The second-order valence-corrected chi connectivity index (χ2v) is 13.1. The fourth-order valence-corrected chi connectivity index (χ4v) is 7.09. The van der Waals surface area contributed by atoms with Crippen molar-refractivity contribution in [1.82, 2.24) is 19.8 Å². The number of rotatable bonds is 10. The zero-order valence-corrected chi connectivity index (χ0v) is 28.8. The van der Waals surface area contributed by atoms with Gasteiger partial charge in [0, 0.05) is 75.5 Å². The molecule has 3 aliphatic rings. The predicted octanol–water partition coefficient (Wildman–Crippen LogP) is 6.16. The molecule has 0 spiro atoms. The number of hydrogen-bond donors (Lipinski definition) is 2. The minimum absolute atomic E-state index is 0.203. The number of piperazine rings is 1. The van der Waals surface area contributed by atoms with Crippen LogP contribution in [0.3, 0.4) is 0 Å². The third-order valence-electron chi connectivity index (χ3n) is 9.63. The highest BCUT2D eigenvalue weighted by molar-refractivity contribution is 6.31. The van der Waals surface area contributed by atoms with E-state index in [0.29, 0.717) is 53.9 Å². The predicted molar refractivity (Wildman–Crippen MR) is 188 cm³/mol. The van der Waals surface area contributed by atoms with Crippen molar-refractivity contribution in [3.8, 4) is 5.75 Å². The third kappa shape index (κ3) is 7.59. The molecule has 6 rings (SSSR count). The summed E-state index contributed by atoms with van der Waals surface area (Å²) in [5, 5.41) is 7.17. The molecule has 1 atom stereocenters. The molecule has 262 valence electrons. The summed E-state index contributed by atoms with van der Waals surface area (Å²) in [4.78, 5) is 34.6. The van der Waals surface area contributed by atoms with Crippen molar-refractivity contribution < 1.29 is 23.1 Å². The Bertz CT molecular complexity index is 1660. The van der Waals surface area contributed by atoms with Gasteiger partial charge >= 0.3 is 0 Å². The fourth-order valence-electron chi connectivity index (χ4n) is 6.92. The van der Waals surface area contributed by atoms with Gasteiger partial charge in [0.1, 0.15) is 34.6 Å². The molecule has 2 aromatic carbocycles. The van der Waals surface area contributed by atoms with Crippen LogP contribution < -0.4 is 25.3 Å². The molecule has 0 unspecified atom stereocenters. The van der Waals surface area contributed by atoms with Gasteiger partial charge in [-0.15, -0.1) is 0 Å². The average Bonchev–Trinajstić information content (AvgIpc) is 3.61. The minimum Gasteiger partial charge on any atom is -0.494 e. The molecule has 0 bridgehead atoms. The van der Waals surface area contributed by atoms with Crippen LogP contribution in [0, 0.1) is 11.6 Å². The van der Waals surface area contributed by atoms with Crippen molar-refractivity contribution in [2.45, 2.75) is 51.2 Å². The van der Waals surface area contributed by atoms with Crippen LogP contribution in [0.4, 0.5) is 37.5 Å². The second-order valence-electron chi connectivity index (χ2n) is 12.8. The van der Waals surface area contributed by atoms with Gasteiger partial charge in [0.25, 0.3) is 0 Å². The molecule has 0 aliphatic carbocycles. The van der Waals surface area contributed by atoms with E-state index in [0.717, 1.165) is 63.9 Å². The Kier molecular flexibility index (Phi) is 10.8. The molecule has 14 heteroatoms. The maximum absolute atomic E-state index is 15.0. The Morgan fingerprint density at radius 2 is 1.82 bits per heavy atom. The number of nitrogens with zero attached hydrogens (tertiary/aromatic N) is 6. The summed E-state index contributed by atoms with van der Waals surface area (Å²) in [6, 6.07) is 8.42.